The molecular weight excluding hydrogens is 306 g/mol. The van der Waals surface area contributed by atoms with Gasteiger partial charge in [-0.25, -0.2) is 4.79 Å². The van der Waals surface area contributed by atoms with Gasteiger partial charge in [-0.3, -0.25) is 4.99 Å². The highest BCUT2D eigenvalue weighted by atomic mass is 35.5. The van der Waals surface area contributed by atoms with Crippen molar-refractivity contribution >= 4 is 34.4 Å². The van der Waals surface area contributed by atoms with Crippen LogP contribution in [-0.2, 0) is 0 Å². The van der Waals surface area contributed by atoms with Crippen LogP contribution in [-0.4, -0.2) is 23.3 Å². The summed E-state index contributed by atoms with van der Waals surface area (Å²) >= 11 is 7.72. The standard InChI is InChI=1S/C16H12ClNO2S/c17-14-4-2-1-3-13(14)16(19)20-12-7-5-11(6-8-12)15-18-9-10-21-15/h1-8H,9-10H2. The van der Waals surface area contributed by atoms with Gasteiger partial charge in [0, 0.05) is 17.9 Å². The predicted molar refractivity (Wildman–Crippen MR) is 86.7 cm³/mol. The van der Waals surface area contributed by atoms with Crippen LogP contribution in [0.5, 0.6) is 5.75 Å². The number of benzene rings is 2. The Kier molecular flexibility index (Phi) is 4.27. The van der Waals surface area contributed by atoms with Crippen molar-refractivity contribution in [3.8, 4) is 5.75 Å². The van der Waals surface area contributed by atoms with E-state index >= 15 is 0 Å². The van der Waals surface area contributed by atoms with Crippen LogP contribution in [0.25, 0.3) is 0 Å². The van der Waals surface area contributed by atoms with Crippen LogP contribution in [0.3, 0.4) is 0 Å². The maximum absolute atomic E-state index is 12.0. The lowest BCUT2D eigenvalue weighted by atomic mass is 10.2. The van der Waals surface area contributed by atoms with Crippen LogP contribution in [0.15, 0.2) is 53.5 Å². The number of nitrogens with zero attached hydrogens (tertiary/aromatic N) is 1. The number of rotatable bonds is 3. The molecule has 0 unspecified atom stereocenters. The van der Waals surface area contributed by atoms with E-state index in [0.717, 1.165) is 22.9 Å². The molecule has 0 N–H and O–H groups in total. The van der Waals surface area contributed by atoms with Crippen LogP contribution in [0.4, 0.5) is 0 Å². The summed E-state index contributed by atoms with van der Waals surface area (Å²) in [5, 5.41) is 1.43. The molecule has 0 fully saturated rings. The molecule has 2 aromatic rings. The molecule has 2 aromatic carbocycles. The molecule has 0 saturated heterocycles. The summed E-state index contributed by atoms with van der Waals surface area (Å²) in [5.41, 5.74) is 1.41. The highest BCUT2D eigenvalue weighted by Gasteiger charge is 2.13. The summed E-state index contributed by atoms with van der Waals surface area (Å²) in [5.74, 6) is 1.06. The summed E-state index contributed by atoms with van der Waals surface area (Å²) in [6, 6.07) is 14.2. The number of hydrogen-bond donors (Lipinski definition) is 0. The summed E-state index contributed by atoms with van der Waals surface area (Å²) in [4.78, 5) is 16.5. The predicted octanol–water partition coefficient (Wildman–Crippen LogP) is 4.05. The van der Waals surface area contributed by atoms with Crippen molar-refractivity contribution in [3.63, 3.8) is 0 Å². The quantitative estimate of drug-likeness (QED) is 0.633. The largest absolute Gasteiger partial charge is 0.423 e. The van der Waals surface area contributed by atoms with Crippen LogP contribution in [0.2, 0.25) is 5.02 Å². The molecule has 3 rings (SSSR count). The third-order valence-electron chi connectivity index (χ3n) is 2.99. The van der Waals surface area contributed by atoms with E-state index in [1.165, 1.54) is 0 Å². The second-order valence-corrected chi connectivity index (χ2v) is 5.92. The summed E-state index contributed by atoms with van der Waals surface area (Å²) in [7, 11) is 0. The van der Waals surface area contributed by atoms with Gasteiger partial charge in [-0.2, -0.15) is 0 Å². The third kappa shape index (κ3) is 3.28. The van der Waals surface area contributed by atoms with Gasteiger partial charge in [0.1, 0.15) is 5.75 Å². The van der Waals surface area contributed by atoms with Crippen LogP contribution in [0, 0.1) is 0 Å². The van der Waals surface area contributed by atoms with E-state index < -0.39 is 5.97 Å². The average molecular weight is 318 g/mol. The molecular formula is C16H12ClNO2S. The van der Waals surface area contributed by atoms with Gasteiger partial charge in [0.05, 0.1) is 15.6 Å². The van der Waals surface area contributed by atoms with Crippen molar-refractivity contribution in [1.29, 1.82) is 0 Å². The first-order valence-electron chi connectivity index (χ1n) is 6.48. The smallest absolute Gasteiger partial charge is 0.345 e. The molecule has 1 heterocycles. The highest BCUT2D eigenvalue weighted by molar-refractivity contribution is 8.14. The zero-order valence-electron chi connectivity index (χ0n) is 11.1. The molecule has 0 aromatic heterocycles. The van der Waals surface area contributed by atoms with Crippen LogP contribution in [0.1, 0.15) is 15.9 Å². The topological polar surface area (TPSA) is 38.7 Å². The third-order valence-corrected chi connectivity index (χ3v) is 4.35. The Morgan fingerprint density at radius 3 is 2.57 bits per heavy atom. The number of thioether (sulfide) groups is 1. The fraction of sp³-hybridized carbons (Fsp3) is 0.125. The fourth-order valence-electron chi connectivity index (χ4n) is 1.96. The second kappa shape index (κ2) is 6.33. The van der Waals surface area contributed by atoms with Gasteiger partial charge in [0.15, 0.2) is 0 Å². The van der Waals surface area contributed by atoms with Crippen molar-refractivity contribution in [2.75, 3.05) is 12.3 Å². The van der Waals surface area contributed by atoms with Crippen molar-refractivity contribution < 1.29 is 9.53 Å². The summed E-state index contributed by atoms with van der Waals surface area (Å²) < 4.78 is 5.33. The molecule has 1 aliphatic heterocycles. The minimum atomic E-state index is -0.457. The molecule has 0 spiro atoms. The van der Waals surface area contributed by atoms with E-state index in [2.05, 4.69) is 4.99 Å². The Bertz CT molecular complexity index is 698. The first-order valence-corrected chi connectivity index (χ1v) is 7.85. The van der Waals surface area contributed by atoms with Crippen molar-refractivity contribution in [2.45, 2.75) is 0 Å². The number of ether oxygens (including phenoxy) is 1. The van der Waals surface area contributed by atoms with E-state index in [1.54, 1.807) is 48.2 Å². The van der Waals surface area contributed by atoms with Crippen molar-refractivity contribution in [3.05, 3.63) is 64.7 Å². The number of esters is 1. The molecule has 1 aliphatic rings. The zero-order valence-corrected chi connectivity index (χ0v) is 12.7. The number of halogens is 1. The molecule has 0 radical (unpaired) electrons. The molecule has 106 valence electrons. The van der Waals surface area contributed by atoms with Gasteiger partial charge >= 0.3 is 5.97 Å². The van der Waals surface area contributed by atoms with E-state index in [0.29, 0.717) is 16.3 Å². The SMILES string of the molecule is O=C(Oc1ccc(C2=NCCS2)cc1)c1ccccc1Cl. The van der Waals surface area contributed by atoms with Gasteiger partial charge in [-0.15, -0.1) is 11.8 Å². The Labute approximate surface area is 132 Å². The second-order valence-electron chi connectivity index (χ2n) is 4.43. The zero-order chi connectivity index (χ0) is 14.7. The Hall–Kier alpha value is -1.78. The van der Waals surface area contributed by atoms with Gasteiger partial charge < -0.3 is 4.74 Å². The minimum Gasteiger partial charge on any atom is -0.423 e. The van der Waals surface area contributed by atoms with E-state index in [4.69, 9.17) is 16.3 Å². The Morgan fingerprint density at radius 1 is 1.14 bits per heavy atom. The molecule has 0 amide bonds. The van der Waals surface area contributed by atoms with Crippen LogP contribution < -0.4 is 4.74 Å². The Morgan fingerprint density at radius 2 is 1.90 bits per heavy atom. The summed E-state index contributed by atoms with van der Waals surface area (Å²) in [6.45, 7) is 0.864. The van der Waals surface area contributed by atoms with Gasteiger partial charge in [-0.1, -0.05) is 23.7 Å². The number of carbonyl (C=O) groups excluding carboxylic acids is 1. The monoisotopic (exact) mass is 317 g/mol. The number of hydrogen-bond acceptors (Lipinski definition) is 4. The number of aliphatic imine (C=N–C) groups is 1. The minimum absolute atomic E-state index is 0.360. The highest BCUT2D eigenvalue weighted by Crippen LogP contribution is 2.23. The lowest BCUT2D eigenvalue weighted by Crippen LogP contribution is -2.09. The first-order chi connectivity index (χ1) is 10.2. The van der Waals surface area contributed by atoms with E-state index in [1.807, 2.05) is 12.1 Å². The normalized spacial score (nSPS) is 13.9. The Balaban J connectivity index is 1.73. The first kappa shape index (κ1) is 14.2. The average Bonchev–Trinajstić information content (AvgIpc) is 3.02. The number of carbonyl (C=O) groups is 1. The maximum atomic E-state index is 12.0. The van der Waals surface area contributed by atoms with Crippen molar-refractivity contribution in [1.82, 2.24) is 0 Å². The molecule has 0 atom stereocenters. The molecule has 0 aliphatic carbocycles. The molecule has 21 heavy (non-hydrogen) atoms. The van der Waals surface area contributed by atoms with Gasteiger partial charge in [-0.05, 0) is 36.4 Å². The lowest BCUT2D eigenvalue weighted by Gasteiger charge is -2.06. The molecule has 0 saturated carbocycles. The molecule has 0 bridgehead atoms. The fourth-order valence-corrected chi connectivity index (χ4v) is 3.04. The lowest BCUT2D eigenvalue weighted by molar-refractivity contribution is 0.0735. The molecule has 5 heteroatoms. The molecule has 3 nitrogen and oxygen atoms in total. The van der Waals surface area contributed by atoms with Gasteiger partial charge in [0.25, 0.3) is 0 Å². The van der Waals surface area contributed by atoms with Gasteiger partial charge in [0.2, 0.25) is 0 Å². The van der Waals surface area contributed by atoms with E-state index in [-0.39, 0.29) is 0 Å². The van der Waals surface area contributed by atoms with E-state index in [9.17, 15) is 4.79 Å². The summed E-state index contributed by atoms with van der Waals surface area (Å²) in [6.07, 6.45) is 0. The van der Waals surface area contributed by atoms with Crippen LogP contribution >= 0.6 is 23.4 Å². The van der Waals surface area contributed by atoms with Crippen molar-refractivity contribution in [2.24, 2.45) is 4.99 Å². The maximum Gasteiger partial charge on any atom is 0.345 e.